The van der Waals surface area contributed by atoms with E-state index < -0.39 is 0 Å². The van der Waals surface area contributed by atoms with Crippen molar-refractivity contribution in [1.29, 1.82) is 0 Å². The first-order valence-corrected chi connectivity index (χ1v) is 5.96. The Bertz CT molecular complexity index is 601. The van der Waals surface area contributed by atoms with Crippen LogP contribution in [0.1, 0.15) is 12.8 Å². The largest absolute Gasteiger partial charge is 0.493 e. The highest BCUT2D eigenvalue weighted by atomic mass is 32.1. The average molecular weight is 234 g/mol. The van der Waals surface area contributed by atoms with Crippen molar-refractivity contribution in [3.8, 4) is 5.75 Å². The van der Waals surface area contributed by atoms with Gasteiger partial charge in [-0.3, -0.25) is 0 Å². The van der Waals surface area contributed by atoms with E-state index in [1.54, 1.807) is 0 Å². The molecule has 1 fully saturated rings. The van der Waals surface area contributed by atoms with Gasteiger partial charge in [0.25, 0.3) is 0 Å². The van der Waals surface area contributed by atoms with Crippen molar-refractivity contribution in [3.05, 3.63) is 28.9 Å². The van der Waals surface area contributed by atoms with Gasteiger partial charge in [-0.1, -0.05) is 0 Å². The molecule has 0 spiro atoms. The van der Waals surface area contributed by atoms with Crippen molar-refractivity contribution in [2.45, 2.75) is 12.8 Å². The van der Waals surface area contributed by atoms with Crippen molar-refractivity contribution in [1.82, 2.24) is 0 Å². The van der Waals surface area contributed by atoms with Crippen LogP contribution < -0.4 is 15.5 Å². The maximum Gasteiger partial charge on any atom is 0.249 e. The lowest BCUT2D eigenvalue weighted by Gasteiger charge is -2.03. The molecule has 16 heavy (non-hydrogen) atoms. The minimum absolute atomic E-state index is 0.273. The van der Waals surface area contributed by atoms with Crippen LogP contribution in [0, 0.1) is 5.92 Å². The first-order chi connectivity index (χ1) is 7.85. The summed E-state index contributed by atoms with van der Waals surface area (Å²) in [7, 11) is 0. The second-order valence-electron chi connectivity index (χ2n) is 3.99. The predicted molar refractivity (Wildman–Crippen MR) is 60.1 cm³/mol. The Morgan fingerprint density at radius 2 is 2.12 bits per heavy atom. The Hall–Kier alpha value is -1.49. The molecule has 0 amide bonds. The van der Waals surface area contributed by atoms with Crippen LogP contribution in [0.25, 0.3) is 0 Å². The number of hydrogen-bond acceptors (Lipinski definition) is 2. The second kappa shape index (κ2) is 3.83. The van der Waals surface area contributed by atoms with Crippen molar-refractivity contribution in [2.75, 3.05) is 6.61 Å². The first kappa shape index (κ1) is 9.72. The molecule has 0 saturated heterocycles. The van der Waals surface area contributed by atoms with E-state index in [0.717, 1.165) is 29.0 Å². The molecule has 1 aromatic rings. The lowest BCUT2D eigenvalue weighted by molar-refractivity contribution is 0.299. The van der Waals surface area contributed by atoms with Gasteiger partial charge in [-0.25, -0.2) is 14.2 Å². The first-order valence-electron chi connectivity index (χ1n) is 5.22. The average Bonchev–Trinajstić information content (AvgIpc) is 3.04. The molecule has 1 aromatic carbocycles. The van der Waals surface area contributed by atoms with Crippen LogP contribution in [-0.4, -0.2) is 15.9 Å². The van der Waals surface area contributed by atoms with E-state index in [2.05, 4.69) is 9.98 Å². The maximum atomic E-state index is 10.6. The Kier molecular flexibility index (Phi) is 2.32. The van der Waals surface area contributed by atoms with E-state index in [1.165, 1.54) is 12.8 Å². The lowest BCUT2D eigenvalue weighted by atomic mass is 10.3. The van der Waals surface area contributed by atoms with Crippen LogP contribution in [0.2, 0.25) is 0 Å². The maximum absolute atomic E-state index is 10.6. The number of nitrogens with zero attached hydrogens (tertiary/aromatic N) is 2. The third-order valence-corrected chi connectivity index (χ3v) is 2.97. The summed E-state index contributed by atoms with van der Waals surface area (Å²) >= 11 is 0.316. The second-order valence-corrected chi connectivity index (χ2v) is 4.53. The summed E-state index contributed by atoms with van der Waals surface area (Å²) in [6.45, 7) is 0.781. The quantitative estimate of drug-likeness (QED) is 0.693. The standard InChI is InChI=1S/C11H10N2O2S/c14-16-11-12-9-4-3-8(5-10(9)13-11)15-6-7-1-2-7/h3-5,7H,1-2,6H2. The molecule has 82 valence electrons. The lowest BCUT2D eigenvalue weighted by Crippen LogP contribution is -2.21. The summed E-state index contributed by atoms with van der Waals surface area (Å²) in [5, 5.41) is 1.75. The molecule has 0 radical (unpaired) electrons. The molecule has 0 bridgehead atoms. The van der Waals surface area contributed by atoms with Crippen LogP contribution in [0.5, 0.6) is 5.75 Å². The van der Waals surface area contributed by atoms with E-state index >= 15 is 0 Å². The summed E-state index contributed by atoms with van der Waals surface area (Å²) < 4.78 is 16.2. The van der Waals surface area contributed by atoms with Crippen LogP contribution in [0.4, 0.5) is 0 Å². The predicted octanol–water partition coefficient (Wildman–Crippen LogP) is 0.0286. The fraction of sp³-hybridized carbons (Fsp3) is 0.364. The summed E-state index contributed by atoms with van der Waals surface area (Å²) in [5.74, 6) is 1.54. The molecule has 1 aliphatic heterocycles. The number of ether oxygens (including phenoxy) is 1. The highest BCUT2D eigenvalue weighted by molar-refractivity contribution is 7.66. The topological polar surface area (TPSA) is 51.0 Å². The van der Waals surface area contributed by atoms with Crippen molar-refractivity contribution < 1.29 is 8.95 Å². The van der Waals surface area contributed by atoms with Crippen molar-refractivity contribution in [3.63, 3.8) is 0 Å². The highest BCUT2D eigenvalue weighted by Crippen LogP contribution is 2.29. The van der Waals surface area contributed by atoms with Crippen LogP contribution in [-0.2, 0) is 11.3 Å². The zero-order chi connectivity index (χ0) is 11.0. The van der Waals surface area contributed by atoms with Gasteiger partial charge in [0.2, 0.25) is 5.11 Å². The van der Waals surface area contributed by atoms with Crippen molar-refractivity contribution >= 4 is 16.4 Å². The molecule has 0 N–H and O–H groups in total. The molecule has 4 nitrogen and oxygen atoms in total. The smallest absolute Gasteiger partial charge is 0.249 e. The number of fused-ring (bicyclic) bond motifs is 1. The van der Waals surface area contributed by atoms with Gasteiger partial charge in [0.05, 0.1) is 17.3 Å². The monoisotopic (exact) mass is 234 g/mol. The van der Waals surface area contributed by atoms with Gasteiger partial charge in [-0.2, -0.15) is 0 Å². The van der Waals surface area contributed by atoms with Crippen LogP contribution >= 0.6 is 0 Å². The van der Waals surface area contributed by atoms with E-state index in [0.29, 0.717) is 11.3 Å². The third kappa shape index (κ3) is 1.90. The fourth-order valence-electron chi connectivity index (χ4n) is 1.54. The van der Waals surface area contributed by atoms with Gasteiger partial charge in [-0.15, -0.1) is 0 Å². The zero-order valence-corrected chi connectivity index (χ0v) is 9.37. The molecule has 5 heteroatoms. The third-order valence-electron chi connectivity index (χ3n) is 2.64. The summed E-state index contributed by atoms with van der Waals surface area (Å²) in [6.07, 6.45) is 2.55. The Morgan fingerprint density at radius 3 is 2.88 bits per heavy atom. The van der Waals surface area contributed by atoms with Gasteiger partial charge in [0.15, 0.2) is 0 Å². The van der Waals surface area contributed by atoms with E-state index in [-0.39, 0.29) is 5.11 Å². The SMILES string of the molecule is O=S=C1N=c2ccc(OCC3CC3)cc2=N1. The van der Waals surface area contributed by atoms with Crippen LogP contribution in [0.3, 0.4) is 0 Å². The zero-order valence-electron chi connectivity index (χ0n) is 8.55. The van der Waals surface area contributed by atoms with E-state index in [9.17, 15) is 4.21 Å². The van der Waals surface area contributed by atoms with Gasteiger partial charge >= 0.3 is 0 Å². The summed E-state index contributed by atoms with van der Waals surface area (Å²) in [6, 6.07) is 5.55. The van der Waals surface area contributed by atoms with E-state index in [1.807, 2.05) is 18.2 Å². The molecule has 3 rings (SSSR count). The Balaban J connectivity index is 1.89. The van der Waals surface area contributed by atoms with E-state index in [4.69, 9.17) is 4.74 Å². The van der Waals surface area contributed by atoms with Crippen molar-refractivity contribution in [2.24, 2.45) is 15.9 Å². The van der Waals surface area contributed by atoms with Gasteiger partial charge in [0, 0.05) is 6.07 Å². The summed E-state index contributed by atoms with van der Waals surface area (Å²) in [5.41, 5.74) is 0. The molecule has 2 aliphatic rings. The van der Waals surface area contributed by atoms with Gasteiger partial charge in [0.1, 0.15) is 17.0 Å². The van der Waals surface area contributed by atoms with Gasteiger partial charge < -0.3 is 4.74 Å². The normalized spacial score (nSPS) is 17.4. The fourth-order valence-corrected chi connectivity index (χ4v) is 1.82. The van der Waals surface area contributed by atoms with Gasteiger partial charge in [-0.05, 0) is 30.9 Å². The highest BCUT2D eigenvalue weighted by Gasteiger charge is 2.21. The number of benzene rings is 1. The molecule has 0 aromatic heterocycles. The molecular formula is C11H10N2O2S. The molecular weight excluding hydrogens is 224 g/mol. The molecule has 0 atom stereocenters. The minimum Gasteiger partial charge on any atom is -0.493 e. The summed E-state index contributed by atoms with van der Waals surface area (Å²) in [4.78, 5) is 8.16. The minimum atomic E-state index is 0.273. The Labute approximate surface area is 95.8 Å². The Morgan fingerprint density at radius 1 is 1.31 bits per heavy atom. The molecule has 1 aliphatic carbocycles. The van der Waals surface area contributed by atoms with Crippen LogP contribution in [0.15, 0.2) is 28.2 Å². The molecule has 1 heterocycles. The number of hydrogen-bond donors (Lipinski definition) is 0. The molecule has 0 unspecified atom stereocenters. The molecule has 1 saturated carbocycles. The number of rotatable bonds is 3.